The number of terminal acetylenes is 1. The highest BCUT2D eigenvalue weighted by molar-refractivity contribution is 5.90. The molecule has 1 aliphatic heterocycles. The third-order valence-electron chi connectivity index (χ3n) is 3.66. The van der Waals surface area contributed by atoms with E-state index in [1.165, 1.54) is 0 Å². The van der Waals surface area contributed by atoms with E-state index < -0.39 is 0 Å². The van der Waals surface area contributed by atoms with E-state index in [1.54, 1.807) is 17.9 Å². The van der Waals surface area contributed by atoms with Crippen LogP contribution in [0, 0.1) is 19.3 Å². The summed E-state index contributed by atoms with van der Waals surface area (Å²) in [4.78, 5) is 14.1. The van der Waals surface area contributed by atoms with E-state index in [4.69, 9.17) is 11.2 Å². The van der Waals surface area contributed by atoms with Crippen LogP contribution < -0.4 is 0 Å². The number of ether oxygens (including phenoxy) is 1. The second-order valence-electron chi connectivity index (χ2n) is 4.84. The third-order valence-corrected chi connectivity index (χ3v) is 3.66. The molecule has 19 heavy (non-hydrogen) atoms. The molecule has 1 aromatic heterocycles. The number of rotatable bonds is 4. The number of likely N-dealkylation sites (tertiary alicyclic amines) is 1. The molecule has 0 bridgehead atoms. The molecule has 2 heterocycles. The number of carbonyl (C=O) groups is 1. The SMILES string of the molecule is C#CCN1CCC[C@H]1COC(=O)c1cnn(C)c1C. The second kappa shape index (κ2) is 5.89. The first-order valence-corrected chi connectivity index (χ1v) is 6.46. The van der Waals surface area contributed by atoms with Crippen molar-refractivity contribution in [3.05, 3.63) is 17.5 Å². The Kier molecular flexibility index (Phi) is 4.23. The molecule has 0 aromatic carbocycles. The van der Waals surface area contributed by atoms with E-state index in [1.807, 2.05) is 6.92 Å². The van der Waals surface area contributed by atoms with Gasteiger partial charge in [0.2, 0.25) is 0 Å². The minimum atomic E-state index is -0.307. The van der Waals surface area contributed by atoms with Gasteiger partial charge < -0.3 is 4.74 Å². The number of nitrogens with zero attached hydrogens (tertiary/aromatic N) is 3. The van der Waals surface area contributed by atoms with Gasteiger partial charge in [-0.15, -0.1) is 6.42 Å². The van der Waals surface area contributed by atoms with Crippen molar-refractivity contribution in [3.63, 3.8) is 0 Å². The molecular weight excluding hydrogens is 242 g/mol. The van der Waals surface area contributed by atoms with Gasteiger partial charge in [0, 0.05) is 18.8 Å². The Hall–Kier alpha value is -1.80. The standard InChI is InChI=1S/C14H19N3O2/c1-4-7-17-8-5-6-12(17)10-19-14(18)13-9-15-16(3)11(13)2/h1,9,12H,5-8,10H2,2-3H3/t12-/m0/s1. The molecule has 1 saturated heterocycles. The molecule has 0 spiro atoms. The average Bonchev–Trinajstić information content (AvgIpc) is 2.96. The number of aromatic nitrogens is 2. The molecule has 0 aliphatic carbocycles. The molecule has 5 heteroatoms. The molecule has 0 N–H and O–H groups in total. The fourth-order valence-corrected chi connectivity index (χ4v) is 2.36. The molecule has 102 valence electrons. The van der Waals surface area contributed by atoms with Crippen LogP contribution in [0.5, 0.6) is 0 Å². The zero-order chi connectivity index (χ0) is 13.8. The molecule has 0 radical (unpaired) electrons. The van der Waals surface area contributed by atoms with Crippen LogP contribution in [0.2, 0.25) is 0 Å². The van der Waals surface area contributed by atoms with E-state index in [0.717, 1.165) is 25.1 Å². The number of hydrogen-bond acceptors (Lipinski definition) is 4. The van der Waals surface area contributed by atoms with Gasteiger partial charge in [-0.3, -0.25) is 9.58 Å². The van der Waals surface area contributed by atoms with E-state index >= 15 is 0 Å². The molecule has 1 aliphatic rings. The molecular formula is C14H19N3O2. The molecule has 0 saturated carbocycles. The molecule has 0 amide bonds. The summed E-state index contributed by atoms with van der Waals surface area (Å²) < 4.78 is 7.04. The summed E-state index contributed by atoms with van der Waals surface area (Å²) >= 11 is 0. The zero-order valence-corrected chi connectivity index (χ0v) is 11.4. The van der Waals surface area contributed by atoms with Crippen LogP contribution in [0.4, 0.5) is 0 Å². The minimum absolute atomic E-state index is 0.247. The molecule has 1 atom stereocenters. The fourth-order valence-electron chi connectivity index (χ4n) is 2.36. The van der Waals surface area contributed by atoms with E-state index in [9.17, 15) is 4.79 Å². The van der Waals surface area contributed by atoms with Gasteiger partial charge in [0.05, 0.1) is 12.7 Å². The number of aryl methyl sites for hydroxylation is 1. The summed E-state index contributed by atoms with van der Waals surface area (Å²) in [5, 5.41) is 4.04. The summed E-state index contributed by atoms with van der Waals surface area (Å²) in [6, 6.07) is 0.247. The van der Waals surface area contributed by atoms with Gasteiger partial charge in [-0.25, -0.2) is 4.79 Å². The Balaban J connectivity index is 1.90. The maximum absolute atomic E-state index is 12.0. The number of esters is 1. The van der Waals surface area contributed by atoms with Crippen LogP contribution in [0.15, 0.2) is 6.20 Å². The van der Waals surface area contributed by atoms with E-state index in [0.29, 0.717) is 18.7 Å². The lowest BCUT2D eigenvalue weighted by atomic mass is 10.2. The lowest BCUT2D eigenvalue weighted by molar-refractivity contribution is 0.0406. The maximum Gasteiger partial charge on any atom is 0.341 e. The Morgan fingerprint density at radius 1 is 1.68 bits per heavy atom. The highest BCUT2D eigenvalue weighted by Crippen LogP contribution is 2.17. The van der Waals surface area contributed by atoms with Crippen molar-refractivity contribution in [2.75, 3.05) is 19.7 Å². The van der Waals surface area contributed by atoms with Crippen molar-refractivity contribution in [3.8, 4) is 12.3 Å². The van der Waals surface area contributed by atoms with Crippen molar-refractivity contribution in [2.24, 2.45) is 7.05 Å². The molecule has 1 aromatic rings. The Bertz CT molecular complexity index is 501. The number of carbonyl (C=O) groups excluding carboxylic acids is 1. The van der Waals surface area contributed by atoms with Gasteiger partial charge in [-0.05, 0) is 26.3 Å². The van der Waals surface area contributed by atoms with Gasteiger partial charge in [0.25, 0.3) is 0 Å². The van der Waals surface area contributed by atoms with Crippen LogP contribution >= 0.6 is 0 Å². The highest BCUT2D eigenvalue weighted by Gasteiger charge is 2.25. The van der Waals surface area contributed by atoms with Gasteiger partial charge in [-0.2, -0.15) is 5.10 Å². The Labute approximate surface area is 113 Å². The topological polar surface area (TPSA) is 47.4 Å². The molecule has 5 nitrogen and oxygen atoms in total. The van der Waals surface area contributed by atoms with E-state index in [2.05, 4.69) is 15.9 Å². The van der Waals surface area contributed by atoms with Gasteiger partial charge in [0.15, 0.2) is 0 Å². The second-order valence-corrected chi connectivity index (χ2v) is 4.84. The van der Waals surface area contributed by atoms with Crippen LogP contribution in [0.1, 0.15) is 28.9 Å². The van der Waals surface area contributed by atoms with Crippen LogP contribution in [0.25, 0.3) is 0 Å². The summed E-state index contributed by atoms with van der Waals surface area (Å²) in [6.07, 6.45) is 9.01. The summed E-state index contributed by atoms with van der Waals surface area (Å²) in [5.41, 5.74) is 1.35. The molecule has 2 rings (SSSR count). The van der Waals surface area contributed by atoms with Gasteiger partial charge in [-0.1, -0.05) is 5.92 Å². The first-order valence-electron chi connectivity index (χ1n) is 6.46. The summed E-state index contributed by atoms with van der Waals surface area (Å²) in [6.45, 7) is 3.85. The van der Waals surface area contributed by atoms with Crippen molar-refractivity contribution in [1.82, 2.24) is 14.7 Å². The van der Waals surface area contributed by atoms with Gasteiger partial charge >= 0.3 is 5.97 Å². The molecule has 1 fully saturated rings. The summed E-state index contributed by atoms with van der Waals surface area (Å²) in [7, 11) is 1.80. The van der Waals surface area contributed by atoms with Crippen molar-refractivity contribution < 1.29 is 9.53 Å². The van der Waals surface area contributed by atoms with Gasteiger partial charge in [0.1, 0.15) is 12.2 Å². The highest BCUT2D eigenvalue weighted by atomic mass is 16.5. The first kappa shape index (κ1) is 13.6. The van der Waals surface area contributed by atoms with E-state index in [-0.39, 0.29) is 12.0 Å². The average molecular weight is 261 g/mol. The predicted octanol–water partition coefficient (Wildman–Crippen LogP) is 0.983. The van der Waals surface area contributed by atoms with Crippen molar-refractivity contribution >= 4 is 5.97 Å². The number of hydrogen-bond donors (Lipinski definition) is 0. The quantitative estimate of drug-likeness (QED) is 0.599. The minimum Gasteiger partial charge on any atom is -0.460 e. The van der Waals surface area contributed by atoms with Crippen LogP contribution in [0.3, 0.4) is 0 Å². The largest absolute Gasteiger partial charge is 0.460 e. The van der Waals surface area contributed by atoms with Crippen molar-refractivity contribution in [1.29, 1.82) is 0 Å². The van der Waals surface area contributed by atoms with Crippen LogP contribution in [-0.2, 0) is 11.8 Å². The third kappa shape index (κ3) is 2.96. The lowest BCUT2D eigenvalue weighted by Crippen LogP contribution is -2.34. The fraction of sp³-hybridized carbons (Fsp3) is 0.571. The predicted molar refractivity (Wildman–Crippen MR) is 71.7 cm³/mol. The maximum atomic E-state index is 12.0. The zero-order valence-electron chi connectivity index (χ0n) is 11.4. The Morgan fingerprint density at radius 3 is 3.11 bits per heavy atom. The smallest absolute Gasteiger partial charge is 0.341 e. The van der Waals surface area contributed by atoms with Crippen LogP contribution in [-0.4, -0.2) is 46.4 Å². The van der Waals surface area contributed by atoms with Crippen molar-refractivity contribution in [2.45, 2.75) is 25.8 Å². The summed E-state index contributed by atoms with van der Waals surface area (Å²) in [5.74, 6) is 2.34. The molecule has 0 unspecified atom stereocenters. The monoisotopic (exact) mass is 261 g/mol. The normalized spacial score (nSPS) is 19.3. The first-order chi connectivity index (χ1) is 9.13. The Morgan fingerprint density at radius 2 is 2.47 bits per heavy atom. The lowest BCUT2D eigenvalue weighted by Gasteiger charge is -2.21.